The number of hydrogen-bond donors (Lipinski definition) is 0. The molecule has 0 rings (SSSR count). The van der Waals surface area contributed by atoms with Crippen LogP contribution in [0.3, 0.4) is 0 Å². The van der Waals surface area contributed by atoms with E-state index in [0.717, 1.165) is 0 Å². The molecule has 0 saturated heterocycles. The van der Waals surface area contributed by atoms with Crippen molar-refractivity contribution in [2.45, 2.75) is 40.3 Å². The molecule has 0 fully saturated rings. The van der Waals surface area contributed by atoms with Gasteiger partial charge in [0.2, 0.25) is 12.6 Å². The molecule has 0 radical (unpaired) electrons. The van der Waals surface area contributed by atoms with Crippen LogP contribution >= 0.6 is 0 Å². The molecule has 0 aliphatic heterocycles. The lowest BCUT2D eigenvalue weighted by Gasteiger charge is -2.19. The minimum absolute atomic E-state index is 0.214. The Labute approximate surface area is 100 Å². The fourth-order valence-corrected chi connectivity index (χ4v) is 0.864. The normalized spacial score (nSPS) is 13.4. The first-order valence-electron chi connectivity index (χ1n) is 5.22. The highest BCUT2D eigenvalue weighted by Crippen LogP contribution is 2.05. The predicted octanol–water partition coefficient (Wildman–Crippen LogP) is 1.99. The number of esters is 1. The zero-order valence-electron chi connectivity index (χ0n) is 10.5. The van der Waals surface area contributed by atoms with Gasteiger partial charge in [-0.1, -0.05) is 6.58 Å². The second kappa shape index (κ2) is 7.67. The maximum Gasteiger partial charge on any atom is 0.510 e. The van der Waals surface area contributed by atoms with Gasteiger partial charge >= 0.3 is 12.1 Å². The molecule has 0 saturated carbocycles. The Morgan fingerprint density at radius 3 is 2.18 bits per heavy atom. The summed E-state index contributed by atoms with van der Waals surface area (Å²) in [6.07, 6.45) is -2.55. The first-order chi connectivity index (χ1) is 7.86. The van der Waals surface area contributed by atoms with Crippen LogP contribution in [0.2, 0.25) is 0 Å². The molecular formula is C11H18O6. The predicted molar refractivity (Wildman–Crippen MR) is 59.0 cm³/mol. The summed E-state index contributed by atoms with van der Waals surface area (Å²) in [6, 6.07) is 0. The van der Waals surface area contributed by atoms with Crippen LogP contribution in [-0.4, -0.2) is 31.3 Å². The van der Waals surface area contributed by atoms with Crippen LogP contribution in [0.25, 0.3) is 0 Å². The Bertz CT molecular complexity index is 286. The van der Waals surface area contributed by atoms with Gasteiger partial charge in [0.25, 0.3) is 0 Å². The van der Waals surface area contributed by atoms with Crippen molar-refractivity contribution in [1.29, 1.82) is 0 Å². The van der Waals surface area contributed by atoms with Crippen LogP contribution < -0.4 is 0 Å². The number of carbonyl (C=O) groups is 2. The third kappa shape index (κ3) is 7.35. The van der Waals surface area contributed by atoms with E-state index < -0.39 is 24.7 Å². The molecule has 0 aliphatic rings. The standard InChI is InChI=1S/C11H18O6/c1-6-14-11(13)17-9(5)15-8(4)16-10(12)7(2)3/h8-9H,2,6H2,1,3-5H3. The number of ether oxygens (including phenoxy) is 4. The van der Waals surface area contributed by atoms with Gasteiger partial charge < -0.3 is 18.9 Å². The van der Waals surface area contributed by atoms with Crippen molar-refractivity contribution in [1.82, 2.24) is 0 Å². The minimum atomic E-state index is -0.873. The third-order valence-corrected chi connectivity index (χ3v) is 1.53. The van der Waals surface area contributed by atoms with Crippen LogP contribution in [0, 0.1) is 0 Å². The summed E-state index contributed by atoms with van der Waals surface area (Å²) in [5.41, 5.74) is 0.263. The second-order valence-corrected chi connectivity index (χ2v) is 3.26. The number of hydrogen-bond acceptors (Lipinski definition) is 6. The van der Waals surface area contributed by atoms with Gasteiger partial charge in [-0.15, -0.1) is 0 Å². The molecule has 6 heteroatoms. The third-order valence-electron chi connectivity index (χ3n) is 1.53. The van der Waals surface area contributed by atoms with Gasteiger partial charge in [0.05, 0.1) is 6.61 Å². The van der Waals surface area contributed by atoms with Crippen molar-refractivity contribution in [3.63, 3.8) is 0 Å². The number of carbonyl (C=O) groups excluding carboxylic acids is 2. The molecule has 0 bridgehead atoms. The van der Waals surface area contributed by atoms with Gasteiger partial charge in [-0.25, -0.2) is 9.59 Å². The van der Waals surface area contributed by atoms with E-state index in [1.54, 1.807) is 6.92 Å². The van der Waals surface area contributed by atoms with Gasteiger partial charge in [-0.2, -0.15) is 0 Å². The molecule has 0 aromatic carbocycles. The summed E-state index contributed by atoms with van der Waals surface area (Å²) in [6.45, 7) is 9.81. The second-order valence-electron chi connectivity index (χ2n) is 3.26. The first kappa shape index (κ1) is 15.4. The van der Waals surface area contributed by atoms with Crippen molar-refractivity contribution in [3.05, 3.63) is 12.2 Å². The van der Waals surface area contributed by atoms with E-state index in [1.165, 1.54) is 20.8 Å². The Morgan fingerprint density at radius 2 is 1.71 bits per heavy atom. The van der Waals surface area contributed by atoms with Crippen LogP contribution in [0.1, 0.15) is 27.7 Å². The monoisotopic (exact) mass is 246 g/mol. The van der Waals surface area contributed by atoms with E-state index in [1.807, 2.05) is 0 Å². The van der Waals surface area contributed by atoms with Crippen LogP contribution in [0.15, 0.2) is 12.2 Å². The van der Waals surface area contributed by atoms with E-state index >= 15 is 0 Å². The van der Waals surface area contributed by atoms with Crippen LogP contribution in [-0.2, 0) is 23.7 Å². The van der Waals surface area contributed by atoms with Crippen LogP contribution in [0.5, 0.6) is 0 Å². The first-order valence-corrected chi connectivity index (χ1v) is 5.22. The van der Waals surface area contributed by atoms with E-state index in [-0.39, 0.29) is 12.2 Å². The van der Waals surface area contributed by atoms with Crippen molar-refractivity contribution in [3.8, 4) is 0 Å². The molecule has 0 amide bonds. The van der Waals surface area contributed by atoms with Gasteiger partial charge in [0.1, 0.15) is 0 Å². The lowest BCUT2D eigenvalue weighted by Crippen LogP contribution is -2.27. The molecule has 0 spiro atoms. The number of rotatable bonds is 6. The average Bonchev–Trinajstić information content (AvgIpc) is 2.16. The highest BCUT2D eigenvalue weighted by molar-refractivity contribution is 5.86. The molecule has 0 aliphatic carbocycles. The molecular weight excluding hydrogens is 228 g/mol. The van der Waals surface area contributed by atoms with Crippen molar-refractivity contribution in [2.75, 3.05) is 6.61 Å². The van der Waals surface area contributed by atoms with Crippen molar-refractivity contribution < 1.29 is 28.5 Å². The fraction of sp³-hybridized carbons (Fsp3) is 0.636. The summed E-state index contributed by atoms with van der Waals surface area (Å²) < 4.78 is 19.2. The Kier molecular flexibility index (Phi) is 6.97. The molecule has 0 heterocycles. The lowest BCUT2D eigenvalue weighted by molar-refractivity contribution is -0.215. The summed E-state index contributed by atoms with van der Waals surface area (Å²) >= 11 is 0. The summed E-state index contributed by atoms with van der Waals surface area (Å²) in [7, 11) is 0. The Balaban J connectivity index is 3.95. The summed E-state index contributed by atoms with van der Waals surface area (Å²) in [5.74, 6) is -0.569. The SMILES string of the molecule is C=C(C)C(=O)OC(C)OC(C)OC(=O)OCC. The van der Waals surface area contributed by atoms with Crippen molar-refractivity contribution >= 4 is 12.1 Å². The molecule has 0 aromatic heterocycles. The van der Waals surface area contributed by atoms with Crippen molar-refractivity contribution in [2.24, 2.45) is 0 Å². The van der Waals surface area contributed by atoms with Gasteiger partial charge in [-0.05, 0) is 27.7 Å². The van der Waals surface area contributed by atoms with Gasteiger partial charge in [0, 0.05) is 5.57 Å². The average molecular weight is 246 g/mol. The van der Waals surface area contributed by atoms with E-state index in [4.69, 9.17) is 14.2 Å². The smallest absolute Gasteiger partial charge is 0.435 e. The zero-order valence-corrected chi connectivity index (χ0v) is 10.5. The molecule has 6 nitrogen and oxygen atoms in total. The quantitative estimate of drug-likeness (QED) is 0.405. The highest BCUT2D eigenvalue weighted by atomic mass is 16.8. The Hall–Kier alpha value is -1.56. The molecule has 17 heavy (non-hydrogen) atoms. The topological polar surface area (TPSA) is 71.1 Å². The molecule has 2 atom stereocenters. The minimum Gasteiger partial charge on any atom is -0.435 e. The highest BCUT2D eigenvalue weighted by Gasteiger charge is 2.16. The largest absolute Gasteiger partial charge is 0.510 e. The summed E-state index contributed by atoms with van der Waals surface area (Å²) in [5, 5.41) is 0. The molecule has 0 aromatic rings. The van der Waals surface area contributed by atoms with E-state index in [0.29, 0.717) is 0 Å². The zero-order chi connectivity index (χ0) is 13.4. The van der Waals surface area contributed by atoms with Gasteiger partial charge in [-0.3, -0.25) is 0 Å². The lowest BCUT2D eigenvalue weighted by atomic mass is 10.4. The maximum absolute atomic E-state index is 11.1. The molecule has 2 unspecified atom stereocenters. The van der Waals surface area contributed by atoms with E-state index in [9.17, 15) is 9.59 Å². The Morgan fingerprint density at radius 1 is 1.18 bits per heavy atom. The van der Waals surface area contributed by atoms with Crippen LogP contribution in [0.4, 0.5) is 4.79 Å². The van der Waals surface area contributed by atoms with E-state index in [2.05, 4.69) is 11.3 Å². The molecule has 0 N–H and O–H groups in total. The maximum atomic E-state index is 11.1. The molecule has 98 valence electrons. The summed E-state index contributed by atoms with van der Waals surface area (Å²) in [4.78, 5) is 22.0. The fourth-order valence-electron chi connectivity index (χ4n) is 0.864. The van der Waals surface area contributed by atoms with Gasteiger partial charge in [0.15, 0.2) is 0 Å².